The maximum absolute atomic E-state index is 13.7. The molecule has 0 bridgehead atoms. The van der Waals surface area contributed by atoms with Gasteiger partial charge in [-0.1, -0.05) is 54.6 Å². The van der Waals surface area contributed by atoms with Crippen LogP contribution in [0.2, 0.25) is 0 Å². The minimum Gasteiger partial charge on any atom is -0.507 e. The largest absolute Gasteiger partial charge is 0.507 e. The van der Waals surface area contributed by atoms with E-state index in [-0.39, 0.29) is 23.1 Å². The van der Waals surface area contributed by atoms with Crippen molar-refractivity contribution in [2.75, 3.05) is 26.2 Å². The van der Waals surface area contributed by atoms with E-state index in [9.17, 15) is 14.7 Å². The lowest BCUT2D eigenvalue weighted by Gasteiger charge is -2.34. The fourth-order valence-electron chi connectivity index (χ4n) is 4.39. The van der Waals surface area contributed by atoms with Gasteiger partial charge in [-0.15, -0.1) is 0 Å². The molecule has 1 N–H and O–H groups in total. The summed E-state index contributed by atoms with van der Waals surface area (Å²) in [5.74, 6) is -0.375. The molecule has 0 aliphatic carbocycles. The molecule has 1 fully saturated rings. The van der Waals surface area contributed by atoms with Crippen LogP contribution < -0.4 is 0 Å². The van der Waals surface area contributed by atoms with Crippen molar-refractivity contribution in [3.8, 4) is 22.7 Å². The molecule has 5 rings (SSSR count). The zero-order chi connectivity index (χ0) is 24.4. The second-order valence-electron chi connectivity index (χ2n) is 8.59. The zero-order valence-corrected chi connectivity index (χ0v) is 19.5. The summed E-state index contributed by atoms with van der Waals surface area (Å²) < 4.78 is 1.74. The number of phenolic OH excluding ortho intramolecular Hbond substituents is 1. The van der Waals surface area contributed by atoms with E-state index in [1.807, 2.05) is 61.5 Å². The normalized spacial score (nSPS) is 13.6. The molecular formula is C28H26N4O3. The number of benzene rings is 3. The number of aryl methyl sites for hydroxylation is 1. The van der Waals surface area contributed by atoms with E-state index in [1.54, 1.807) is 38.9 Å². The summed E-state index contributed by atoms with van der Waals surface area (Å²) in [4.78, 5) is 30.0. The maximum Gasteiger partial charge on any atom is 0.257 e. The number of para-hydroxylation sites is 2. The van der Waals surface area contributed by atoms with Gasteiger partial charge in [0.1, 0.15) is 11.4 Å². The van der Waals surface area contributed by atoms with Gasteiger partial charge in [0, 0.05) is 37.9 Å². The minimum atomic E-state index is -0.229. The molecule has 2 heterocycles. The monoisotopic (exact) mass is 466 g/mol. The fourth-order valence-corrected chi connectivity index (χ4v) is 4.39. The van der Waals surface area contributed by atoms with Gasteiger partial charge >= 0.3 is 0 Å². The molecule has 1 aromatic heterocycles. The molecule has 1 aliphatic heterocycles. The van der Waals surface area contributed by atoms with Crippen LogP contribution >= 0.6 is 0 Å². The number of hydrogen-bond acceptors (Lipinski definition) is 4. The lowest BCUT2D eigenvalue weighted by molar-refractivity contribution is 0.0534. The highest BCUT2D eigenvalue weighted by Crippen LogP contribution is 2.28. The van der Waals surface area contributed by atoms with E-state index in [2.05, 4.69) is 0 Å². The molecule has 0 unspecified atom stereocenters. The Hall–Kier alpha value is -4.39. The van der Waals surface area contributed by atoms with Crippen molar-refractivity contribution in [3.05, 3.63) is 102 Å². The Kier molecular flexibility index (Phi) is 6.06. The van der Waals surface area contributed by atoms with Gasteiger partial charge in [-0.05, 0) is 36.8 Å². The van der Waals surface area contributed by atoms with Crippen molar-refractivity contribution in [2.45, 2.75) is 6.92 Å². The molecule has 0 spiro atoms. The number of phenols is 1. The van der Waals surface area contributed by atoms with Crippen LogP contribution in [-0.2, 0) is 0 Å². The second kappa shape index (κ2) is 9.46. The number of hydrogen-bond donors (Lipinski definition) is 1. The predicted octanol–water partition coefficient (Wildman–Crippen LogP) is 4.15. The van der Waals surface area contributed by atoms with Crippen molar-refractivity contribution >= 4 is 11.8 Å². The summed E-state index contributed by atoms with van der Waals surface area (Å²) in [6.45, 7) is 3.61. The predicted molar refractivity (Wildman–Crippen MR) is 134 cm³/mol. The van der Waals surface area contributed by atoms with Crippen LogP contribution in [0.5, 0.6) is 5.75 Å². The number of nitrogens with zero attached hydrogens (tertiary/aromatic N) is 4. The third-order valence-corrected chi connectivity index (χ3v) is 6.35. The number of amides is 2. The highest BCUT2D eigenvalue weighted by atomic mass is 16.3. The van der Waals surface area contributed by atoms with Crippen LogP contribution in [0, 0.1) is 6.92 Å². The Bertz CT molecular complexity index is 1370. The molecule has 2 amide bonds. The third kappa shape index (κ3) is 4.40. The van der Waals surface area contributed by atoms with Crippen LogP contribution in [0.4, 0.5) is 0 Å². The van der Waals surface area contributed by atoms with Gasteiger partial charge in [0.25, 0.3) is 11.8 Å². The van der Waals surface area contributed by atoms with E-state index in [1.165, 1.54) is 6.07 Å². The SMILES string of the molecule is Cc1ccccc1-c1nn(-c2ccccc2)cc1C(=O)N1CCN(C(=O)c2ccccc2O)CC1. The third-order valence-electron chi connectivity index (χ3n) is 6.35. The van der Waals surface area contributed by atoms with E-state index in [4.69, 9.17) is 5.10 Å². The number of carbonyl (C=O) groups is 2. The summed E-state index contributed by atoms with van der Waals surface area (Å²) in [6, 6.07) is 24.1. The van der Waals surface area contributed by atoms with Gasteiger partial charge in [-0.3, -0.25) is 9.59 Å². The molecular weight excluding hydrogens is 440 g/mol. The molecule has 7 nitrogen and oxygen atoms in total. The smallest absolute Gasteiger partial charge is 0.257 e. The number of aromatic nitrogens is 2. The lowest BCUT2D eigenvalue weighted by Crippen LogP contribution is -2.50. The molecule has 1 aliphatic rings. The first-order valence-electron chi connectivity index (χ1n) is 11.6. The van der Waals surface area contributed by atoms with Gasteiger partial charge in [-0.2, -0.15) is 5.10 Å². The maximum atomic E-state index is 13.7. The highest BCUT2D eigenvalue weighted by molar-refractivity contribution is 6.01. The van der Waals surface area contributed by atoms with Crippen molar-refractivity contribution < 1.29 is 14.7 Å². The average Bonchev–Trinajstić information content (AvgIpc) is 3.34. The first-order chi connectivity index (χ1) is 17.0. The molecule has 0 saturated carbocycles. The van der Waals surface area contributed by atoms with Crippen LogP contribution in [0.25, 0.3) is 16.9 Å². The van der Waals surface area contributed by atoms with Crippen molar-refractivity contribution in [1.82, 2.24) is 19.6 Å². The molecule has 7 heteroatoms. The molecule has 0 atom stereocenters. The fraction of sp³-hybridized carbons (Fsp3) is 0.179. The second-order valence-corrected chi connectivity index (χ2v) is 8.59. The minimum absolute atomic E-state index is 0.0350. The topological polar surface area (TPSA) is 78.7 Å². The first kappa shape index (κ1) is 22.4. The van der Waals surface area contributed by atoms with Gasteiger partial charge < -0.3 is 14.9 Å². The summed E-state index contributed by atoms with van der Waals surface area (Å²) in [7, 11) is 0. The highest BCUT2D eigenvalue weighted by Gasteiger charge is 2.29. The molecule has 0 radical (unpaired) electrons. The number of carbonyl (C=O) groups excluding carboxylic acids is 2. The Labute approximate surface area is 203 Å². The van der Waals surface area contributed by atoms with Crippen molar-refractivity contribution in [2.24, 2.45) is 0 Å². The molecule has 4 aromatic rings. The molecule has 176 valence electrons. The summed E-state index contributed by atoms with van der Waals surface area (Å²) in [6.07, 6.45) is 1.79. The Morgan fingerprint density at radius 3 is 1.97 bits per heavy atom. The van der Waals surface area contributed by atoms with Gasteiger partial charge in [0.15, 0.2) is 0 Å². The van der Waals surface area contributed by atoms with Crippen LogP contribution in [-0.4, -0.2) is 62.7 Å². The quantitative estimate of drug-likeness (QED) is 0.490. The zero-order valence-electron chi connectivity index (χ0n) is 19.5. The summed E-state index contributed by atoms with van der Waals surface area (Å²) in [5, 5.41) is 14.8. The van der Waals surface area contributed by atoms with Gasteiger partial charge in [0.2, 0.25) is 0 Å². The van der Waals surface area contributed by atoms with Crippen molar-refractivity contribution in [1.29, 1.82) is 0 Å². The Morgan fingerprint density at radius 1 is 0.743 bits per heavy atom. The molecule has 35 heavy (non-hydrogen) atoms. The van der Waals surface area contributed by atoms with Gasteiger partial charge in [-0.25, -0.2) is 4.68 Å². The number of aromatic hydroxyl groups is 1. The lowest BCUT2D eigenvalue weighted by atomic mass is 10.0. The van der Waals surface area contributed by atoms with E-state index in [0.717, 1.165) is 16.8 Å². The Morgan fingerprint density at radius 2 is 1.31 bits per heavy atom. The average molecular weight is 467 g/mol. The van der Waals surface area contributed by atoms with Gasteiger partial charge in [0.05, 0.1) is 16.8 Å². The summed E-state index contributed by atoms with van der Waals surface area (Å²) in [5.41, 5.74) is 4.28. The van der Waals surface area contributed by atoms with E-state index >= 15 is 0 Å². The number of piperazine rings is 1. The van der Waals surface area contributed by atoms with E-state index < -0.39 is 0 Å². The van der Waals surface area contributed by atoms with Crippen LogP contribution in [0.1, 0.15) is 26.3 Å². The Balaban J connectivity index is 1.40. The van der Waals surface area contributed by atoms with Crippen LogP contribution in [0.15, 0.2) is 85.1 Å². The van der Waals surface area contributed by atoms with Crippen molar-refractivity contribution in [3.63, 3.8) is 0 Å². The molecule has 1 saturated heterocycles. The molecule has 3 aromatic carbocycles. The standard InChI is InChI=1S/C28H26N4O3/c1-20-9-5-6-12-22(20)26-24(19-32(29-26)21-10-3-2-4-11-21)28(35)31-17-15-30(16-18-31)27(34)23-13-7-8-14-25(23)33/h2-14,19,33H,15-18H2,1H3. The van der Waals surface area contributed by atoms with E-state index in [0.29, 0.717) is 37.4 Å². The first-order valence-corrected chi connectivity index (χ1v) is 11.6. The summed E-state index contributed by atoms with van der Waals surface area (Å²) >= 11 is 0. The van der Waals surface area contributed by atoms with Crippen LogP contribution in [0.3, 0.4) is 0 Å². The number of rotatable bonds is 4.